The van der Waals surface area contributed by atoms with Gasteiger partial charge in [0.25, 0.3) is 0 Å². The average molecular weight is 262 g/mol. The van der Waals surface area contributed by atoms with Gasteiger partial charge in [-0.2, -0.15) is 0 Å². The maximum Gasteiger partial charge on any atom is 0.188 e. The molecule has 0 aromatic heterocycles. The highest BCUT2D eigenvalue weighted by Gasteiger charge is 2.40. The molecule has 1 unspecified atom stereocenters. The number of hydrogen-bond acceptors (Lipinski definition) is 3. The molecule has 19 heavy (non-hydrogen) atoms. The van der Waals surface area contributed by atoms with Gasteiger partial charge in [0, 0.05) is 24.2 Å². The lowest BCUT2D eigenvalue weighted by molar-refractivity contribution is -0.130. The molecule has 0 fully saturated rings. The van der Waals surface area contributed by atoms with Crippen LogP contribution in [0.2, 0.25) is 0 Å². The minimum atomic E-state index is -0.297. The summed E-state index contributed by atoms with van der Waals surface area (Å²) in [4.78, 5) is 12.5. The van der Waals surface area contributed by atoms with Gasteiger partial charge < -0.3 is 9.47 Å². The summed E-state index contributed by atoms with van der Waals surface area (Å²) in [6.45, 7) is 6.89. The van der Waals surface area contributed by atoms with Gasteiger partial charge in [-0.05, 0) is 12.8 Å². The Morgan fingerprint density at radius 3 is 2.95 bits per heavy atom. The van der Waals surface area contributed by atoms with Gasteiger partial charge in [-0.25, -0.2) is 0 Å². The molecule has 0 aromatic rings. The molecule has 0 radical (unpaired) electrons. The molecule has 2 aliphatic rings. The molecule has 0 aromatic carbocycles. The molecule has 0 N–H and O–H groups in total. The molecule has 0 spiro atoms. The number of carbonyl (C=O) groups excluding carboxylic acids is 1. The number of ketones is 1. The van der Waals surface area contributed by atoms with Crippen LogP contribution in [-0.2, 0) is 14.3 Å². The van der Waals surface area contributed by atoms with Crippen LogP contribution in [0.15, 0.2) is 11.3 Å². The van der Waals surface area contributed by atoms with Gasteiger partial charge in [-0.15, -0.1) is 11.8 Å². The lowest BCUT2D eigenvalue weighted by Crippen LogP contribution is -2.37. The zero-order chi connectivity index (χ0) is 13.9. The van der Waals surface area contributed by atoms with Crippen molar-refractivity contribution >= 4 is 5.78 Å². The Kier molecular flexibility index (Phi) is 4.31. The van der Waals surface area contributed by atoms with Crippen LogP contribution in [0.5, 0.6) is 0 Å². The third kappa shape index (κ3) is 3.19. The monoisotopic (exact) mass is 262 g/mol. The van der Waals surface area contributed by atoms with Crippen LogP contribution in [0, 0.1) is 23.2 Å². The number of allylic oxidation sites excluding steroid dienone is 1. The van der Waals surface area contributed by atoms with Crippen LogP contribution in [0.25, 0.3) is 0 Å². The van der Waals surface area contributed by atoms with Gasteiger partial charge in [-0.3, -0.25) is 4.79 Å². The van der Waals surface area contributed by atoms with Crippen molar-refractivity contribution in [1.82, 2.24) is 0 Å². The molecule has 104 valence electrons. The molecule has 0 bridgehead atoms. The predicted molar refractivity (Wildman–Crippen MR) is 73.1 cm³/mol. The van der Waals surface area contributed by atoms with E-state index in [0.717, 1.165) is 37.0 Å². The predicted octanol–water partition coefficient (Wildman–Crippen LogP) is 3.05. The van der Waals surface area contributed by atoms with Crippen molar-refractivity contribution in [2.75, 3.05) is 13.4 Å². The van der Waals surface area contributed by atoms with Crippen molar-refractivity contribution < 1.29 is 14.3 Å². The first-order valence-electron chi connectivity index (χ1n) is 6.99. The minimum Gasteiger partial charge on any atom is -0.471 e. The Bertz CT molecular complexity index is 450. The molecule has 1 aliphatic carbocycles. The first-order chi connectivity index (χ1) is 9.03. The van der Waals surface area contributed by atoms with Crippen molar-refractivity contribution in [2.24, 2.45) is 11.3 Å². The third-order valence-electron chi connectivity index (χ3n) is 3.82. The summed E-state index contributed by atoms with van der Waals surface area (Å²) in [6, 6.07) is 0. The highest BCUT2D eigenvalue weighted by molar-refractivity contribution is 6.01. The quantitative estimate of drug-likeness (QED) is 0.717. The van der Waals surface area contributed by atoms with Crippen LogP contribution in [-0.4, -0.2) is 19.2 Å². The molecule has 0 amide bonds. The third-order valence-corrected chi connectivity index (χ3v) is 3.82. The van der Waals surface area contributed by atoms with Gasteiger partial charge in [0.05, 0.1) is 12.2 Å². The summed E-state index contributed by atoms with van der Waals surface area (Å²) in [6.07, 6.45) is 3.31. The first kappa shape index (κ1) is 14.1. The zero-order valence-corrected chi connectivity index (χ0v) is 12.0. The van der Waals surface area contributed by atoms with Crippen LogP contribution < -0.4 is 0 Å². The Hall–Kier alpha value is -1.27. The topological polar surface area (TPSA) is 35.5 Å². The van der Waals surface area contributed by atoms with E-state index in [-0.39, 0.29) is 18.0 Å². The van der Waals surface area contributed by atoms with Crippen molar-refractivity contribution in [2.45, 2.75) is 46.5 Å². The molecule has 1 heterocycles. The average Bonchev–Trinajstić information content (AvgIpc) is 2.40. The molecule has 0 saturated carbocycles. The fourth-order valence-electron chi connectivity index (χ4n) is 2.56. The van der Waals surface area contributed by atoms with E-state index in [0.29, 0.717) is 12.5 Å². The lowest BCUT2D eigenvalue weighted by atomic mass is 9.71. The second-order valence-electron chi connectivity index (χ2n) is 5.88. The van der Waals surface area contributed by atoms with Crippen molar-refractivity contribution in [3.63, 3.8) is 0 Å². The maximum atomic E-state index is 12.5. The van der Waals surface area contributed by atoms with Gasteiger partial charge >= 0.3 is 0 Å². The SMILES string of the molecule is CC(C)C#CCCC1(C)CCC2=C(COCO2)C1=O. The van der Waals surface area contributed by atoms with Crippen LogP contribution in [0.1, 0.15) is 46.5 Å². The van der Waals surface area contributed by atoms with E-state index < -0.39 is 0 Å². The second kappa shape index (κ2) is 5.79. The smallest absolute Gasteiger partial charge is 0.188 e. The largest absolute Gasteiger partial charge is 0.471 e. The highest BCUT2D eigenvalue weighted by Crippen LogP contribution is 2.40. The normalized spacial score (nSPS) is 26.6. The molecule has 1 aliphatic heterocycles. The van der Waals surface area contributed by atoms with E-state index in [1.807, 2.05) is 6.92 Å². The fraction of sp³-hybridized carbons (Fsp3) is 0.688. The number of hydrogen-bond donors (Lipinski definition) is 0. The van der Waals surface area contributed by atoms with Crippen molar-refractivity contribution in [1.29, 1.82) is 0 Å². The molecule has 1 atom stereocenters. The minimum absolute atomic E-state index is 0.194. The molecule has 3 nitrogen and oxygen atoms in total. The Labute approximate surface area is 115 Å². The summed E-state index contributed by atoms with van der Waals surface area (Å²) in [5.41, 5.74) is 0.450. The van der Waals surface area contributed by atoms with E-state index in [4.69, 9.17) is 9.47 Å². The standard InChI is InChI=1S/C16H22O3/c1-12(2)6-4-5-8-16(3)9-7-14-13(15(16)17)10-18-11-19-14/h12H,5,7-11H2,1-3H3. The Balaban J connectivity index is 2.03. The second-order valence-corrected chi connectivity index (χ2v) is 5.88. The van der Waals surface area contributed by atoms with Crippen LogP contribution in [0.4, 0.5) is 0 Å². The number of rotatable bonds is 2. The lowest BCUT2D eigenvalue weighted by Gasteiger charge is -2.35. The van der Waals surface area contributed by atoms with Crippen molar-refractivity contribution in [3.05, 3.63) is 11.3 Å². The van der Waals surface area contributed by atoms with Gasteiger partial charge in [0.2, 0.25) is 0 Å². The maximum absolute atomic E-state index is 12.5. The number of carbonyl (C=O) groups is 1. The summed E-state index contributed by atoms with van der Waals surface area (Å²) in [7, 11) is 0. The van der Waals surface area contributed by atoms with Gasteiger partial charge in [-0.1, -0.05) is 20.8 Å². The van der Waals surface area contributed by atoms with E-state index in [1.165, 1.54) is 0 Å². The van der Waals surface area contributed by atoms with Crippen LogP contribution in [0.3, 0.4) is 0 Å². The Morgan fingerprint density at radius 2 is 2.21 bits per heavy atom. The van der Waals surface area contributed by atoms with Gasteiger partial charge in [0.1, 0.15) is 5.76 Å². The molecule has 2 rings (SSSR count). The molecular weight excluding hydrogens is 240 g/mol. The van der Waals surface area contributed by atoms with Crippen LogP contribution >= 0.6 is 0 Å². The van der Waals surface area contributed by atoms with E-state index in [2.05, 4.69) is 25.7 Å². The van der Waals surface area contributed by atoms with Gasteiger partial charge in [0.15, 0.2) is 12.6 Å². The summed E-state index contributed by atoms with van der Waals surface area (Å²) in [5, 5.41) is 0. The summed E-state index contributed by atoms with van der Waals surface area (Å²) < 4.78 is 10.6. The summed E-state index contributed by atoms with van der Waals surface area (Å²) >= 11 is 0. The zero-order valence-electron chi connectivity index (χ0n) is 12.0. The molecule has 0 saturated heterocycles. The fourth-order valence-corrected chi connectivity index (χ4v) is 2.56. The number of Topliss-reactive ketones (excluding diaryl/α,β-unsaturated/α-hetero) is 1. The molecule has 3 heteroatoms. The number of ether oxygens (including phenoxy) is 2. The van der Waals surface area contributed by atoms with E-state index in [1.54, 1.807) is 0 Å². The van der Waals surface area contributed by atoms with Crippen molar-refractivity contribution in [3.8, 4) is 11.8 Å². The van der Waals surface area contributed by atoms with E-state index >= 15 is 0 Å². The summed E-state index contributed by atoms with van der Waals surface area (Å²) in [5.74, 6) is 7.76. The highest BCUT2D eigenvalue weighted by atomic mass is 16.7. The Morgan fingerprint density at radius 1 is 1.42 bits per heavy atom. The van der Waals surface area contributed by atoms with E-state index in [9.17, 15) is 4.79 Å². The molecular formula is C16H22O3. The first-order valence-corrected chi connectivity index (χ1v) is 6.99.